The minimum absolute atomic E-state index is 0.137. The number of sulfonamides is 1. The molecule has 0 amide bonds. The highest BCUT2D eigenvalue weighted by molar-refractivity contribution is 7.89. The standard InChI is InChI=1S/C18H20N2O4S/c1-20(2)25(22,23)14-8-6-13(7-9-14)12-24-18-11-10-15-16(19-18)4-3-5-17(15)21/h6-11H,3-5,12H2,1-2H3. The first-order valence-corrected chi connectivity index (χ1v) is 9.49. The van der Waals surface area contributed by atoms with Crippen molar-refractivity contribution in [3.63, 3.8) is 0 Å². The zero-order chi connectivity index (χ0) is 18.0. The lowest BCUT2D eigenvalue weighted by Gasteiger charge is -2.15. The lowest BCUT2D eigenvalue weighted by atomic mass is 9.95. The number of ketones is 1. The molecule has 6 nitrogen and oxygen atoms in total. The van der Waals surface area contributed by atoms with E-state index >= 15 is 0 Å². The lowest BCUT2D eigenvalue weighted by molar-refractivity contribution is 0.0971. The Morgan fingerprint density at radius 3 is 2.48 bits per heavy atom. The maximum absolute atomic E-state index is 12.0. The SMILES string of the molecule is CN(C)S(=O)(=O)c1ccc(COc2ccc3c(n2)CCCC3=O)cc1. The number of hydrogen-bond donors (Lipinski definition) is 0. The van der Waals surface area contributed by atoms with Crippen LogP contribution in [0.2, 0.25) is 0 Å². The number of aryl methyl sites for hydroxylation is 1. The normalized spacial score (nSPS) is 14.4. The van der Waals surface area contributed by atoms with Crippen LogP contribution in [0.3, 0.4) is 0 Å². The molecule has 1 aliphatic carbocycles. The van der Waals surface area contributed by atoms with E-state index in [1.165, 1.54) is 18.4 Å². The van der Waals surface area contributed by atoms with Crippen molar-refractivity contribution in [2.45, 2.75) is 30.8 Å². The van der Waals surface area contributed by atoms with Gasteiger partial charge < -0.3 is 4.74 Å². The average Bonchev–Trinajstić information content (AvgIpc) is 2.60. The molecule has 0 aliphatic heterocycles. The highest BCUT2D eigenvalue weighted by atomic mass is 32.2. The smallest absolute Gasteiger partial charge is 0.242 e. The summed E-state index contributed by atoms with van der Waals surface area (Å²) in [5.41, 5.74) is 2.33. The maximum Gasteiger partial charge on any atom is 0.242 e. The Balaban J connectivity index is 1.69. The highest BCUT2D eigenvalue weighted by Crippen LogP contribution is 2.23. The molecular weight excluding hydrogens is 340 g/mol. The molecule has 7 heteroatoms. The van der Waals surface area contributed by atoms with E-state index in [1.54, 1.807) is 36.4 Å². The number of fused-ring (bicyclic) bond motifs is 1. The van der Waals surface area contributed by atoms with Crippen LogP contribution in [0.1, 0.15) is 34.5 Å². The number of hydrogen-bond acceptors (Lipinski definition) is 5. The van der Waals surface area contributed by atoms with Gasteiger partial charge >= 0.3 is 0 Å². The number of aromatic nitrogens is 1. The van der Waals surface area contributed by atoms with Gasteiger partial charge in [-0.15, -0.1) is 0 Å². The van der Waals surface area contributed by atoms with Crippen molar-refractivity contribution in [1.29, 1.82) is 0 Å². The van der Waals surface area contributed by atoms with Gasteiger partial charge in [-0.05, 0) is 36.6 Å². The fourth-order valence-corrected chi connectivity index (χ4v) is 3.58. The number of ether oxygens (including phenoxy) is 1. The van der Waals surface area contributed by atoms with Crippen LogP contribution in [-0.2, 0) is 23.1 Å². The molecule has 1 aromatic heterocycles. The molecule has 0 spiro atoms. The van der Waals surface area contributed by atoms with E-state index in [9.17, 15) is 13.2 Å². The van der Waals surface area contributed by atoms with Gasteiger partial charge in [-0.3, -0.25) is 4.79 Å². The van der Waals surface area contributed by atoms with Gasteiger partial charge in [-0.2, -0.15) is 0 Å². The molecule has 25 heavy (non-hydrogen) atoms. The van der Waals surface area contributed by atoms with E-state index < -0.39 is 10.0 Å². The number of rotatable bonds is 5. The second-order valence-electron chi connectivity index (χ2n) is 6.14. The van der Waals surface area contributed by atoms with Gasteiger partial charge in [0.05, 0.1) is 10.6 Å². The topological polar surface area (TPSA) is 76.6 Å². The van der Waals surface area contributed by atoms with Gasteiger partial charge in [0, 0.05) is 32.1 Å². The monoisotopic (exact) mass is 360 g/mol. The fraction of sp³-hybridized carbons (Fsp3) is 0.333. The van der Waals surface area contributed by atoms with E-state index in [0.29, 0.717) is 17.9 Å². The highest BCUT2D eigenvalue weighted by Gasteiger charge is 2.19. The number of carbonyl (C=O) groups is 1. The zero-order valence-corrected chi connectivity index (χ0v) is 15.0. The van der Waals surface area contributed by atoms with E-state index in [-0.39, 0.29) is 17.3 Å². The van der Waals surface area contributed by atoms with E-state index in [1.807, 2.05) is 0 Å². The van der Waals surface area contributed by atoms with Crippen molar-refractivity contribution in [2.24, 2.45) is 0 Å². The first-order chi connectivity index (χ1) is 11.9. The van der Waals surface area contributed by atoms with Crippen LogP contribution in [0.5, 0.6) is 5.88 Å². The minimum Gasteiger partial charge on any atom is -0.473 e. The van der Waals surface area contributed by atoms with Crippen LogP contribution in [-0.4, -0.2) is 37.6 Å². The molecule has 0 unspecified atom stereocenters. The molecule has 1 aliphatic rings. The van der Waals surface area contributed by atoms with Gasteiger partial charge in [0.1, 0.15) is 6.61 Å². The third-order valence-electron chi connectivity index (χ3n) is 4.16. The Kier molecular flexibility index (Phi) is 4.87. The van der Waals surface area contributed by atoms with Gasteiger partial charge in [0.25, 0.3) is 0 Å². The molecule has 1 aromatic carbocycles. The second kappa shape index (κ2) is 6.93. The van der Waals surface area contributed by atoms with Crippen LogP contribution in [0, 0.1) is 0 Å². The Labute approximate surface area is 147 Å². The summed E-state index contributed by atoms with van der Waals surface area (Å²) in [5.74, 6) is 0.608. The van der Waals surface area contributed by atoms with Crippen LogP contribution in [0.15, 0.2) is 41.3 Å². The first kappa shape index (κ1) is 17.6. The van der Waals surface area contributed by atoms with Crippen molar-refractivity contribution in [3.8, 4) is 5.88 Å². The number of pyridine rings is 1. The summed E-state index contributed by atoms with van der Waals surface area (Å²) in [6.45, 7) is 0.280. The van der Waals surface area contributed by atoms with Crippen molar-refractivity contribution in [2.75, 3.05) is 14.1 Å². The largest absolute Gasteiger partial charge is 0.473 e. The summed E-state index contributed by atoms with van der Waals surface area (Å²) in [6.07, 6.45) is 2.19. The molecule has 0 saturated heterocycles. The summed E-state index contributed by atoms with van der Waals surface area (Å²) >= 11 is 0. The Hall–Kier alpha value is -2.25. The summed E-state index contributed by atoms with van der Waals surface area (Å²) in [4.78, 5) is 16.5. The van der Waals surface area contributed by atoms with E-state index in [4.69, 9.17) is 4.74 Å². The molecule has 0 atom stereocenters. The number of carbonyl (C=O) groups excluding carboxylic acids is 1. The third-order valence-corrected chi connectivity index (χ3v) is 5.98. The first-order valence-electron chi connectivity index (χ1n) is 8.05. The van der Waals surface area contributed by atoms with Gasteiger partial charge in [0.2, 0.25) is 15.9 Å². The van der Waals surface area contributed by atoms with Crippen LogP contribution < -0.4 is 4.74 Å². The Morgan fingerprint density at radius 2 is 1.80 bits per heavy atom. The molecule has 1 heterocycles. The molecule has 0 fully saturated rings. The molecule has 132 valence electrons. The Morgan fingerprint density at radius 1 is 1.08 bits per heavy atom. The van der Waals surface area contributed by atoms with E-state index in [0.717, 1.165) is 24.1 Å². The van der Waals surface area contributed by atoms with Crippen LogP contribution in [0.4, 0.5) is 0 Å². The van der Waals surface area contributed by atoms with E-state index in [2.05, 4.69) is 4.98 Å². The summed E-state index contributed by atoms with van der Waals surface area (Å²) in [7, 11) is -0.430. The van der Waals surface area contributed by atoms with Crippen molar-refractivity contribution >= 4 is 15.8 Å². The summed E-state index contributed by atoms with van der Waals surface area (Å²) in [5, 5.41) is 0. The minimum atomic E-state index is -3.43. The average molecular weight is 360 g/mol. The quantitative estimate of drug-likeness (QED) is 0.818. The van der Waals surface area contributed by atoms with Crippen LogP contribution >= 0.6 is 0 Å². The van der Waals surface area contributed by atoms with Crippen molar-refractivity contribution < 1.29 is 17.9 Å². The van der Waals surface area contributed by atoms with Gasteiger partial charge in [0.15, 0.2) is 5.78 Å². The predicted octanol–water partition coefficient (Wildman–Crippen LogP) is 2.43. The molecule has 0 radical (unpaired) electrons. The lowest BCUT2D eigenvalue weighted by Crippen LogP contribution is -2.22. The molecule has 2 aromatic rings. The molecule has 0 bridgehead atoms. The fourth-order valence-electron chi connectivity index (χ4n) is 2.68. The molecular formula is C18H20N2O4S. The summed E-state index contributed by atoms with van der Waals surface area (Å²) in [6, 6.07) is 10.0. The van der Waals surface area contributed by atoms with Crippen LogP contribution in [0.25, 0.3) is 0 Å². The number of Topliss-reactive ketones (excluding diaryl/α,β-unsaturated/α-hetero) is 1. The molecule has 0 N–H and O–H groups in total. The zero-order valence-electron chi connectivity index (χ0n) is 14.2. The number of nitrogens with zero attached hydrogens (tertiary/aromatic N) is 2. The van der Waals surface area contributed by atoms with Crippen molar-refractivity contribution in [3.05, 3.63) is 53.2 Å². The third kappa shape index (κ3) is 3.72. The second-order valence-corrected chi connectivity index (χ2v) is 8.29. The molecule has 0 saturated carbocycles. The predicted molar refractivity (Wildman–Crippen MR) is 93.2 cm³/mol. The number of benzene rings is 1. The maximum atomic E-state index is 12.0. The summed E-state index contributed by atoms with van der Waals surface area (Å²) < 4.78 is 30.9. The Bertz CT molecular complexity index is 890. The van der Waals surface area contributed by atoms with Crippen molar-refractivity contribution in [1.82, 2.24) is 9.29 Å². The molecule has 3 rings (SSSR count). The van der Waals surface area contributed by atoms with Gasteiger partial charge in [-0.25, -0.2) is 17.7 Å². The van der Waals surface area contributed by atoms with Gasteiger partial charge in [-0.1, -0.05) is 12.1 Å².